The van der Waals surface area contributed by atoms with Crippen LogP contribution in [-0.2, 0) is 0 Å². The van der Waals surface area contributed by atoms with Crippen LogP contribution in [0.1, 0.15) is 53.4 Å². The average Bonchev–Trinajstić information content (AvgIpc) is 2.71. The minimum absolute atomic E-state index is 0.591. The van der Waals surface area contributed by atoms with Crippen LogP contribution in [0.3, 0.4) is 0 Å². The first-order chi connectivity index (χ1) is 7.46. The van der Waals surface area contributed by atoms with Gasteiger partial charge in [-0.1, -0.05) is 27.7 Å². The predicted molar refractivity (Wildman–Crippen MR) is 69.7 cm³/mol. The highest BCUT2D eigenvalue weighted by Crippen LogP contribution is 2.40. The lowest BCUT2D eigenvalue weighted by Gasteiger charge is -2.26. The van der Waals surface area contributed by atoms with Gasteiger partial charge >= 0.3 is 0 Å². The van der Waals surface area contributed by atoms with Gasteiger partial charge in [0.2, 0.25) is 0 Å². The summed E-state index contributed by atoms with van der Waals surface area (Å²) in [6, 6.07) is 2.24. The molecule has 2 atom stereocenters. The van der Waals surface area contributed by atoms with E-state index >= 15 is 0 Å². The quantitative estimate of drug-likeness (QED) is 0.793. The van der Waals surface area contributed by atoms with Crippen LogP contribution >= 0.6 is 0 Å². The van der Waals surface area contributed by atoms with Crippen molar-refractivity contribution < 1.29 is 0 Å². The van der Waals surface area contributed by atoms with Crippen LogP contribution in [0.4, 0.5) is 0 Å². The van der Waals surface area contributed by atoms with Crippen LogP contribution in [0.15, 0.2) is 0 Å². The van der Waals surface area contributed by atoms with Crippen molar-refractivity contribution >= 4 is 0 Å². The van der Waals surface area contributed by atoms with Gasteiger partial charge in [0.15, 0.2) is 0 Å². The van der Waals surface area contributed by atoms with E-state index in [0.717, 1.165) is 12.1 Å². The lowest BCUT2D eigenvalue weighted by molar-refractivity contribution is 0.221. The van der Waals surface area contributed by atoms with Gasteiger partial charge in [0.05, 0.1) is 0 Å². The molecule has 94 valence electrons. The summed E-state index contributed by atoms with van der Waals surface area (Å²) in [6.45, 7) is 11.9. The Kier molecular flexibility index (Phi) is 3.60. The van der Waals surface area contributed by atoms with Gasteiger partial charge in [0.1, 0.15) is 0 Å². The summed E-state index contributed by atoms with van der Waals surface area (Å²) in [4.78, 5) is 2.73. The maximum atomic E-state index is 3.67. The third kappa shape index (κ3) is 2.98. The maximum absolute atomic E-state index is 3.67. The fourth-order valence-electron chi connectivity index (χ4n) is 3.44. The minimum atomic E-state index is 0.591. The first-order valence-corrected chi connectivity index (χ1v) is 6.96. The van der Waals surface area contributed by atoms with Crippen LogP contribution in [0, 0.1) is 5.41 Å². The molecule has 2 heteroatoms. The van der Waals surface area contributed by atoms with E-state index in [9.17, 15) is 0 Å². The number of nitrogens with zero attached hydrogens (tertiary/aromatic N) is 1. The summed E-state index contributed by atoms with van der Waals surface area (Å²) >= 11 is 0. The van der Waals surface area contributed by atoms with E-state index in [1.54, 1.807) is 0 Å². The molecule has 0 spiro atoms. The summed E-state index contributed by atoms with van der Waals surface area (Å²) in [7, 11) is 0. The lowest BCUT2D eigenvalue weighted by Crippen LogP contribution is -2.39. The van der Waals surface area contributed by atoms with Crippen molar-refractivity contribution in [3.8, 4) is 0 Å². The van der Waals surface area contributed by atoms with Crippen molar-refractivity contribution in [2.75, 3.05) is 13.1 Å². The number of nitrogens with one attached hydrogen (secondary N) is 1. The Morgan fingerprint density at radius 2 is 2.00 bits per heavy atom. The molecule has 1 heterocycles. The van der Waals surface area contributed by atoms with Crippen molar-refractivity contribution in [1.29, 1.82) is 0 Å². The molecule has 2 rings (SSSR count). The number of likely N-dealkylation sites (tertiary alicyclic amines) is 1. The summed E-state index contributed by atoms with van der Waals surface area (Å²) in [5.74, 6) is 0. The molecule has 0 aromatic heterocycles. The molecule has 1 N–H and O–H groups in total. The van der Waals surface area contributed by atoms with Gasteiger partial charge in [-0.3, -0.25) is 4.90 Å². The Morgan fingerprint density at radius 1 is 1.25 bits per heavy atom. The molecular formula is C14H28N2. The first-order valence-electron chi connectivity index (χ1n) is 6.96. The van der Waals surface area contributed by atoms with Crippen LogP contribution in [0.2, 0.25) is 0 Å². The van der Waals surface area contributed by atoms with Crippen LogP contribution in [0.5, 0.6) is 0 Å². The minimum Gasteiger partial charge on any atom is -0.310 e. The molecular weight excluding hydrogens is 196 g/mol. The standard InChI is InChI=1S/C14H28N2/c1-11(2)15-12-6-8-16(10-12)13-5-7-14(3,4)9-13/h11-13,15H,5-10H2,1-4H3. The molecule has 2 aliphatic rings. The van der Waals surface area contributed by atoms with E-state index in [2.05, 4.69) is 37.9 Å². The Balaban J connectivity index is 1.81. The van der Waals surface area contributed by atoms with Gasteiger partial charge in [0, 0.05) is 31.2 Å². The highest BCUT2D eigenvalue weighted by Gasteiger charge is 2.36. The number of hydrogen-bond acceptors (Lipinski definition) is 2. The normalized spacial score (nSPS) is 35.1. The molecule has 2 unspecified atom stereocenters. The van der Waals surface area contributed by atoms with Crippen LogP contribution in [-0.4, -0.2) is 36.1 Å². The van der Waals surface area contributed by atoms with Gasteiger partial charge in [-0.15, -0.1) is 0 Å². The molecule has 1 saturated carbocycles. The fourth-order valence-corrected chi connectivity index (χ4v) is 3.44. The Bertz CT molecular complexity index is 235. The van der Waals surface area contributed by atoms with Crippen molar-refractivity contribution in [1.82, 2.24) is 10.2 Å². The van der Waals surface area contributed by atoms with Gasteiger partial charge in [0.25, 0.3) is 0 Å². The molecule has 0 bridgehead atoms. The zero-order valence-electron chi connectivity index (χ0n) is 11.4. The highest BCUT2D eigenvalue weighted by molar-refractivity contribution is 4.92. The molecule has 16 heavy (non-hydrogen) atoms. The van der Waals surface area contributed by atoms with Crippen LogP contribution in [0.25, 0.3) is 0 Å². The van der Waals surface area contributed by atoms with E-state index < -0.39 is 0 Å². The van der Waals surface area contributed by atoms with Crippen molar-refractivity contribution in [2.24, 2.45) is 5.41 Å². The second kappa shape index (κ2) is 4.66. The number of hydrogen-bond donors (Lipinski definition) is 1. The third-order valence-corrected chi connectivity index (χ3v) is 4.25. The van der Waals surface area contributed by atoms with E-state index in [1.165, 1.54) is 38.8 Å². The summed E-state index contributed by atoms with van der Waals surface area (Å²) in [5.41, 5.74) is 0.591. The largest absolute Gasteiger partial charge is 0.310 e. The Labute approximate surface area is 101 Å². The highest BCUT2D eigenvalue weighted by atomic mass is 15.2. The van der Waals surface area contributed by atoms with Gasteiger partial charge in [-0.05, 0) is 31.1 Å². The second-order valence-corrected chi connectivity index (χ2v) is 6.86. The van der Waals surface area contributed by atoms with Crippen LogP contribution < -0.4 is 5.32 Å². The fraction of sp³-hybridized carbons (Fsp3) is 1.00. The van der Waals surface area contributed by atoms with Gasteiger partial charge < -0.3 is 5.32 Å². The lowest BCUT2D eigenvalue weighted by atomic mass is 9.91. The van der Waals surface area contributed by atoms with E-state index in [-0.39, 0.29) is 0 Å². The van der Waals surface area contributed by atoms with Gasteiger partial charge in [-0.2, -0.15) is 0 Å². The monoisotopic (exact) mass is 224 g/mol. The average molecular weight is 224 g/mol. The topological polar surface area (TPSA) is 15.3 Å². The smallest absolute Gasteiger partial charge is 0.0209 e. The summed E-state index contributed by atoms with van der Waals surface area (Å²) in [5, 5.41) is 3.67. The molecule has 2 nitrogen and oxygen atoms in total. The molecule has 2 fully saturated rings. The molecule has 0 aromatic rings. The zero-order valence-corrected chi connectivity index (χ0v) is 11.4. The maximum Gasteiger partial charge on any atom is 0.0209 e. The van der Waals surface area contributed by atoms with Crippen molar-refractivity contribution in [3.63, 3.8) is 0 Å². The Morgan fingerprint density at radius 3 is 2.56 bits per heavy atom. The molecule has 0 radical (unpaired) electrons. The summed E-state index contributed by atoms with van der Waals surface area (Å²) in [6.07, 6.45) is 5.58. The first kappa shape index (κ1) is 12.4. The van der Waals surface area contributed by atoms with E-state index in [0.29, 0.717) is 11.5 Å². The second-order valence-electron chi connectivity index (χ2n) is 6.86. The Hall–Kier alpha value is -0.0800. The molecule has 0 amide bonds. The molecule has 0 aromatic carbocycles. The van der Waals surface area contributed by atoms with Gasteiger partial charge in [-0.25, -0.2) is 0 Å². The van der Waals surface area contributed by atoms with Crippen molar-refractivity contribution in [3.05, 3.63) is 0 Å². The van der Waals surface area contributed by atoms with Crippen molar-refractivity contribution in [2.45, 2.75) is 71.5 Å². The predicted octanol–water partition coefficient (Wildman–Crippen LogP) is 2.64. The zero-order chi connectivity index (χ0) is 11.8. The van der Waals surface area contributed by atoms with E-state index in [4.69, 9.17) is 0 Å². The molecule has 1 aliphatic carbocycles. The SMILES string of the molecule is CC(C)NC1CCN(C2CCC(C)(C)C2)C1. The molecule has 1 aliphatic heterocycles. The third-order valence-electron chi connectivity index (χ3n) is 4.25. The summed E-state index contributed by atoms with van der Waals surface area (Å²) < 4.78 is 0. The van der Waals surface area contributed by atoms with E-state index in [1.807, 2.05) is 0 Å². The molecule has 1 saturated heterocycles. The number of rotatable bonds is 3.